The number of benzene rings is 2. The minimum Gasteiger partial charge on any atom is -0.347 e. The third-order valence-corrected chi connectivity index (χ3v) is 4.13. The fourth-order valence-corrected chi connectivity index (χ4v) is 2.81. The van der Waals surface area contributed by atoms with Crippen LogP contribution in [0.5, 0.6) is 0 Å². The Kier molecular flexibility index (Phi) is 7.00. The van der Waals surface area contributed by atoms with E-state index in [1.165, 1.54) is 0 Å². The number of carbonyl (C=O) groups is 2. The Hall–Kier alpha value is -2.14. The normalized spacial score (nSPS) is 10.2. The number of carbonyl (C=O) groups excluding carboxylic acids is 2. The Bertz CT molecular complexity index is 689. The average Bonchev–Trinajstić information content (AvgIpc) is 2.58. The summed E-state index contributed by atoms with van der Waals surface area (Å²) in [7, 11) is 0. The second-order valence-corrected chi connectivity index (χ2v) is 6.39. The highest BCUT2D eigenvalue weighted by Gasteiger charge is 2.13. The van der Waals surface area contributed by atoms with Crippen LogP contribution in [0, 0.1) is 0 Å². The molecule has 0 aromatic heterocycles. The highest BCUT2D eigenvalue weighted by atomic mass is 79.9. The van der Waals surface area contributed by atoms with E-state index in [2.05, 4.69) is 21.2 Å². The molecule has 0 aliphatic carbocycles. The van der Waals surface area contributed by atoms with Crippen molar-refractivity contribution in [2.24, 2.45) is 0 Å². The zero-order valence-electron chi connectivity index (χ0n) is 13.7. The third kappa shape index (κ3) is 5.81. The van der Waals surface area contributed by atoms with Crippen molar-refractivity contribution in [3.63, 3.8) is 0 Å². The highest BCUT2D eigenvalue weighted by Crippen LogP contribution is 2.12. The summed E-state index contributed by atoms with van der Waals surface area (Å²) in [5, 5.41) is 2.71. The number of rotatable bonds is 7. The zero-order valence-corrected chi connectivity index (χ0v) is 15.3. The summed E-state index contributed by atoms with van der Waals surface area (Å²) in [4.78, 5) is 26.0. The summed E-state index contributed by atoms with van der Waals surface area (Å²) in [6, 6.07) is 17.4. The molecule has 0 saturated heterocycles. The number of hydrogen-bond acceptors (Lipinski definition) is 2. The lowest BCUT2D eigenvalue weighted by Crippen LogP contribution is -2.40. The quantitative estimate of drug-likeness (QED) is 0.791. The maximum absolute atomic E-state index is 12.3. The molecule has 24 heavy (non-hydrogen) atoms. The lowest BCUT2D eigenvalue weighted by atomic mass is 10.1. The number of nitrogens with zero attached hydrogens (tertiary/aromatic N) is 1. The molecule has 0 unspecified atom stereocenters. The van der Waals surface area contributed by atoms with Gasteiger partial charge in [-0.2, -0.15) is 0 Å². The first-order chi connectivity index (χ1) is 11.6. The fourth-order valence-electron chi connectivity index (χ4n) is 2.36. The van der Waals surface area contributed by atoms with Gasteiger partial charge in [0, 0.05) is 17.6 Å². The van der Waals surface area contributed by atoms with Gasteiger partial charge in [0.25, 0.3) is 0 Å². The molecule has 5 heteroatoms. The van der Waals surface area contributed by atoms with Crippen LogP contribution in [0.25, 0.3) is 0 Å². The second kappa shape index (κ2) is 9.23. The fraction of sp³-hybridized carbons (Fsp3) is 0.263. The smallest absolute Gasteiger partial charge is 0.242 e. The molecule has 0 bridgehead atoms. The molecule has 0 atom stereocenters. The molecule has 2 rings (SSSR count). The van der Waals surface area contributed by atoms with Crippen molar-refractivity contribution in [3.05, 3.63) is 70.2 Å². The van der Waals surface area contributed by atoms with Crippen LogP contribution in [0.15, 0.2) is 59.1 Å². The van der Waals surface area contributed by atoms with E-state index in [9.17, 15) is 9.59 Å². The van der Waals surface area contributed by atoms with Gasteiger partial charge in [-0.1, -0.05) is 58.4 Å². The molecule has 2 aromatic rings. The molecule has 0 fully saturated rings. The van der Waals surface area contributed by atoms with Crippen molar-refractivity contribution in [1.82, 2.24) is 10.2 Å². The van der Waals surface area contributed by atoms with E-state index in [-0.39, 0.29) is 24.8 Å². The molecule has 0 spiro atoms. The van der Waals surface area contributed by atoms with Gasteiger partial charge in [-0.25, -0.2) is 0 Å². The van der Waals surface area contributed by atoms with Gasteiger partial charge in [0.05, 0.1) is 13.0 Å². The standard InChI is InChI=1S/C19H21BrN2O2/c1-2-22(14-15-7-4-3-5-8-15)19(24)13-21-18(23)12-16-9-6-10-17(20)11-16/h3-11H,2,12-14H2,1H3,(H,21,23). The Labute approximate surface area is 151 Å². The largest absolute Gasteiger partial charge is 0.347 e. The van der Waals surface area contributed by atoms with E-state index >= 15 is 0 Å². The van der Waals surface area contributed by atoms with Gasteiger partial charge in [0.1, 0.15) is 0 Å². The van der Waals surface area contributed by atoms with Gasteiger partial charge in [-0.3, -0.25) is 9.59 Å². The Morgan fingerprint density at radius 3 is 2.42 bits per heavy atom. The van der Waals surface area contributed by atoms with Crippen LogP contribution in [0.3, 0.4) is 0 Å². The predicted molar refractivity (Wildman–Crippen MR) is 98.4 cm³/mol. The molecule has 1 N–H and O–H groups in total. The van der Waals surface area contributed by atoms with E-state index in [1.807, 2.05) is 61.5 Å². The van der Waals surface area contributed by atoms with Crippen molar-refractivity contribution in [3.8, 4) is 0 Å². The lowest BCUT2D eigenvalue weighted by molar-refractivity contribution is -0.133. The SMILES string of the molecule is CCN(Cc1ccccc1)C(=O)CNC(=O)Cc1cccc(Br)c1. The predicted octanol–water partition coefficient (Wildman–Crippen LogP) is 3.16. The maximum Gasteiger partial charge on any atom is 0.242 e. The van der Waals surface area contributed by atoms with Crippen LogP contribution >= 0.6 is 15.9 Å². The van der Waals surface area contributed by atoms with Gasteiger partial charge in [0.2, 0.25) is 11.8 Å². The van der Waals surface area contributed by atoms with Crippen molar-refractivity contribution in [1.29, 1.82) is 0 Å². The molecule has 4 nitrogen and oxygen atoms in total. The molecule has 0 saturated carbocycles. The summed E-state index contributed by atoms with van der Waals surface area (Å²) in [5.41, 5.74) is 1.99. The van der Waals surface area contributed by atoms with Crippen LogP contribution in [-0.2, 0) is 22.6 Å². The van der Waals surface area contributed by atoms with Gasteiger partial charge < -0.3 is 10.2 Å². The molecule has 0 aliphatic rings. The monoisotopic (exact) mass is 388 g/mol. The van der Waals surface area contributed by atoms with Crippen molar-refractivity contribution < 1.29 is 9.59 Å². The summed E-state index contributed by atoms with van der Waals surface area (Å²) in [6.45, 7) is 3.12. The molecular formula is C19H21BrN2O2. The van der Waals surface area contributed by atoms with Gasteiger partial charge in [-0.15, -0.1) is 0 Å². The first kappa shape index (κ1) is 18.2. The van der Waals surface area contributed by atoms with E-state index in [1.54, 1.807) is 4.90 Å². The average molecular weight is 389 g/mol. The van der Waals surface area contributed by atoms with E-state index in [0.717, 1.165) is 15.6 Å². The molecule has 126 valence electrons. The number of amides is 2. The molecule has 2 amide bonds. The first-order valence-electron chi connectivity index (χ1n) is 7.91. The van der Waals surface area contributed by atoms with E-state index in [4.69, 9.17) is 0 Å². The van der Waals surface area contributed by atoms with Gasteiger partial charge in [0.15, 0.2) is 0 Å². The van der Waals surface area contributed by atoms with Crippen molar-refractivity contribution in [2.45, 2.75) is 19.9 Å². The number of nitrogens with one attached hydrogen (secondary N) is 1. The highest BCUT2D eigenvalue weighted by molar-refractivity contribution is 9.10. The number of hydrogen-bond donors (Lipinski definition) is 1. The third-order valence-electron chi connectivity index (χ3n) is 3.64. The van der Waals surface area contributed by atoms with Crippen LogP contribution in [0.4, 0.5) is 0 Å². The summed E-state index contributed by atoms with van der Waals surface area (Å²) in [6.07, 6.45) is 0.261. The Balaban J connectivity index is 1.83. The Morgan fingerprint density at radius 2 is 1.75 bits per heavy atom. The number of halogens is 1. The second-order valence-electron chi connectivity index (χ2n) is 5.48. The van der Waals surface area contributed by atoms with Crippen molar-refractivity contribution in [2.75, 3.05) is 13.1 Å². The minimum atomic E-state index is -0.155. The van der Waals surface area contributed by atoms with Gasteiger partial charge in [-0.05, 0) is 30.2 Å². The number of likely N-dealkylation sites (N-methyl/N-ethyl adjacent to an activating group) is 1. The molecular weight excluding hydrogens is 368 g/mol. The first-order valence-corrected chi connectivity index (χ1v) is 8.70. The van der Waals surface area contributed by atoms with Crippen LogP contribution in [0.2, 0.25) is 0 Å². The lowest BCUT2D eigenvalue weighted by Gasteiger charge is -2.21. The van der Waals surface area contributed by atoms with E-state index in [0.29, 0.717) is 13.1 Å². The van der Waals surface area contributed by atoms with Gasteiger partial charge >= 0.3 is 0 Å². The van der Waals surface area contributed by atoms with Crippen LogP contribution in [-0.4, -0.2) is 29.8 Å². The molecule has 0 aliphatic heterocycles. The topological polar surface area (TPSA) is 49.4 Å². The Morgan fingerprint density at radius 1 is 1.04 bits per heavy atom. The summed E-state index contributed by atoms with van der Waals surface area (Å²) < 4.78 is 0.934. The minimum absolute atomic E-state index is 0.0213. The molecule has 0 radical (unpaired) electrons. The van der Waals surface area contributed by atoms with Crippen LogP contribution in [0.1, 0.15) is 18.1 Å². The molecule has 0 heterocycles. The van der Waals surface area contributed by atoms with E-state index < -0.39 is 0 Å². The maximum atomic E-state index is 12.3. The summed E-state index contributed by atoms with van der Waals surface area (Å²) in [5.74, 6) is -0.235. The molecule has 2 aromatic carbocycles. The summed E-state index contributed by atoms with van der Waals surface area (Å²) >= 11 is 3.38. The van der Waals surface area contributed by atoms with Crippen LogP contribution < -0.4 is 5.32 Å². The van der Waals surface area contributed by atoms with Crippen molar-refractivity contribution >= 4 is 27.7 Å². The zero-order chi connectivity index (χ0) is 17.4.